The molecule has 2 bridgehead atoms. The van der Waals surface area contributed by atoms with Crippen molar-refractivity contribution < 1.29 is 19.4 Å². The van der Waals surface area contributed by atoms with Gasteiger partial charge in [0.2, 0.25) is 11.8 Å². The van der Waals surface area contributed by atoms with E-state index in [0.717, 1.165) is 10.8 Å². The zero-order valence-corrected chi connectivity index (χ0v) is 13.7. The quantitative estimate of drug-likeness (QED) is 0.674. The number of ether oxygens (including phenoxy) is 1. The Morgan fingerprint density at radius 1 is 1.04 bits per heavy atom. The summed E-state index contributed by atoms with van der Waals surface area (Å²) in [6.07, 6.45) is 3.55. The number of amides is 2. The molecule has 2 amide bonds. The van der Waals surface area contributed by atoms with E-state index in [9.17, 15) is 14.7 Å². The van der Waals surface area contributed by atoms with Gasteiger partial charge in [0, 0.05) is 5.39 Å². The topological polar surface area (TPSA) is 66.8 Å². The monoisotopic (exact) mass is 335 g/mol. The number of fused-ring (bicyclic) bond motifs is 6. The number of hydrogen-bond acceptors (Lipinski definition) is 4. The maximum atomic E-state index is 13.2. The van der Waals surface area contributed by atoms with Crippen molar-refractivity contribution in [3.8, 4) is 0 Å². The van der Waals surface area contributed by atoms with Crippen LogP contribution in [0.1, 0.15) is 6.92 Å². The molecule has 3 aliphatic rings. The normalized spacial score (nSPS) is 35.8. The molecule has 4 atom stereocenters. The number of imide groups is 1. The standard InChI is InChI=1S/C20H17NO4/c1-19-9-10-20(11-22,25-19)16-15(19)17(23)21(18(16)24)14-8-4-6-12-5-2-3-7-13(12)14/h2-10,15-16,22H,11H2,1H3/t15-,16+,19+,20+/m1/s1. The number of aliphatic hydroxyl groups excluding tert-OH is 1. The third-order valence-corrected chi connectivity index (χ3v) is 5.81. The average Bonchev–Trinajstić information content (AvgIpc) is 3.20. The summed E-state index contributed by atoms with van der Waals surface area (Å²) in [6.45, 7) is 1.49. The molecular weight excluding hydrogens is 318 g/mol. The second-order valence-electron chi connectivity index (χ2n) is 7.20. The van der Waals surface area contributed by atoms with Gasteiger partial charge in [0.1, 0.15) is 5.60 Å². The summed E-state index contributed by atoms with van der Waals surface area (Å²) in [6, 6.07) is 13.3. The number of carbonyl (C=O) groups excluding carboxylic acids is 2. The van der Waals surface area contributed by atoms with E-state index in [0.29, 0.717) is 5.69 Å². The highest BCUT2D eigenvalue weighted by atomic mass is 16.5. The lowest BCUT2D eigenvalue weighted by molar-refractivity contribution is -0.131. The van der Waals surface area contributed by atoms with Crippen molar-refractivity contribution in [2.24, 2.45) is 11.8 Å². The van der Waals surface area contributed by atoms with Crippen LogP contribution in [0.4, 0.5) is 5.69 Å². The lowest BCUT2D eigenvalue weighted by atomic mass is 9.73. The molecule has 2 saturated heterocycles. The Morgan fingerprint density at radius 3 is 2.56 bits per heavy atom. The van der Waals surface area contributed by atoms with Gasteiger partial charge in [0.25, 0.3) is 0 Å². The Labute approximate surface area is 144 Å². The Balaban J connectivity index is 1.69. The summed E-state index contributed by atoms with van der Waals surface area (Å²) in [5.41, 5.74) is -1.34. The van der Waals surface area contributed by atoms with Crippen molar-refractivity contribution in [2.45, 2.75) is 18.1 Å². The minimum absolute atomic E-state index is 0.256. The van der Waals surface area contributed by atoms with Gasteiger partial charge in [-0.25, -0.2) is 4.90 Å². The minimum atomic E-state index is -1.09. The minimum Gasteiger partial charge on any atom is -0.393 e. The van der Waals surface area contributed by atoms with Crippen molar-refractivity contribution in [1.82, 2.24) is 0 Å². The maximum absolute atomic E-state index is 13.2. The first-order valence-electron chi connectivity index (χ1n) is 8.38. The molecule has 0 spiro atoms. The fraction of sp³-hybridized carbons (Fsp3) is 0.300. The largest absolute Gasteiger partial charge is 0.393 e. The zero-order valence-electron chi connectivity index (χ0n) is 13.7. The fourth-order valence-electron chi connectivity index (χ4n) is 4.68. The van der Waals surface area contributed by atoms with Crippen LogP contribution in [0.25, 0.3) is 10.8 Å². The number of carbonyl (C=O) groups is 2. The number of anilines is 1. The first-order chi connectivity index (χ1) is 12.0. The average molecular weight is 335 g/mol. The third kappa shape index (κ3) is 1.64. The molecule has 5 rings (SSSR count). The lowest BCUT2D eigenvalue weighted by Gasteiger charge is -2.27. The predicted molar refractivity (Wildman–Crippen MR) is 91.9 cm³/mol. The smallest absolute Gasteiger partial charge is 0.241 e. The molecule has 0 aliphatic carbocycles. The molecular formula is C20H17NO4. The van der Waals surface area contributed by atoms with E-state index in [1.54, 1.807) is 12.1 Å². The van der Waals surface area contributed by atoms with Gasteiger partial charge in [0.15, 0.2) is 0 Å². The van der Waals surface area contributed by atoms with E-state index < -0.39 is 23.0 Å². The first-order valence-corrected chi connectivity index (χ1v) is 8.38. The van der Waals surface area contributed by atoms with E-state index >= 15 is 0 Å². The molecule has 0 aromatic heterocycles. The molecule has 0 saturated carbocycles. The molecule has 5 heteroatoms. The predicted octanol–water partition coefficient (Wildman–Crippen LogP) is 2.04. The Kier molecular flexibility index (Phi) is 2.70. The number of nitrogens with zero attached hydrogens (tertiary/aromatic N) is 1. The Bertz CT molecular complexity index is 962. The molecule has 0 radical (unpaired) electrons. The summed E-state index contributed by atoms with van der Waals surface area (Å²) in [5, 5.41) is 11.7. The highest BCUT2D eigenvalue weighted by Crippen LogP contribution is 2.57. The van der Waals surface area contributed by atoms with E-state index in [4.69, 9.17) is 4.74 Å². The molecule has 3 heterocycles. The molecule has 2 fully saturated rings. The molecule has 2 aromatic rings. The zero-order chi connectivity index (χ0) is 17.4. The lowest BCUT2D eigenvalue weighted by Crippen LogP contribution is -2.43. The molecule has 3 aliphatic heterocycles. The second kappa shape index (κ2) is 4.56. The van der Waals surface area contributed by atoms with Gasteiger partial charge in [0.05, 0.1) is 29.7 Å². The van der Waals surface area contributed by atoms with Crippen LogP contribution in [0.5, 0.6) is 0 Å². The third-order valence-electron chi connectivity index (χ3n) is 5.81. The fourth-order valence-corrected chi connectivity index (χ4v) is 4.68. The van der Waals surface area contributed by atoms with Crippen LogP contribution >= 0.6 is 0 Å². The van der Waals surface area contributed by atoms with Gasteiger partial charge >= 0.3 is 0 Å². The summed E-state index contributed by atoms with van der Waals surface area (Å²) in [7, 11) is 0. The van der Waals surface area contributed by atoms with E-state index in [2.05, 4.69) is 0 Å². The van der Waals surface area contributed by atoms with Crippen LogP contribution < -0.4 is 4.90 Å². The summed E-state index contributed by atoms with van der Waals surface area (Å²) < 4.78 is 5.95. The van der Waals surface area contributed by atoms with Gasteiger partial charge in [-0.05, 0) is 18.4 Å². The number of hydrogen-bond donors (Lipinski definition) is 1. The summed E-state index contributed by atoms with van der Waals surface area (Å²) >= 11 is 0. The number of rotatable bonds is 2. The van der Waals surface area contributed by atoms with Crippen molar-refractivity contribution in [1.29, 1.82) is 0 Å². The molecule has 25 heavy (non-hydrogen) atoms. The van der Waals surface area contributed by atoms with Crippen LogP contribution in [-0.2, 0) is 14.3 Å². The van der Waals surface area contributed by atoms with Crippen LogP contribution in [0, 0.1) is 11.8 Å². The van der Waals surface area contributed by atoms with E-state index in [1.165, 1.54) is 4.90 Å². The highest BCUT2D eigenvalue weighted by Gasteiger charge is 2.72. The molecule has 1 N–H and O–H groups in total. The maximum Gasteiger partial charge on any atom is 0.241 e. The Morgan fingerprint density at radius 2 is 1.76 bits per heavy atom. The molecule has 2 aromatic carbocycles. The van der Waals surface area contributed by atoms with Gasteiger partial charge in [-0.1, -0.05) is 48.6 Å². The van der Waals surface area contributed by atoms with Crippen molar-refractivity contribution in [3.05, 3.63) is 54.6 Å². The van der Waals surface area contributed by atoms with Gasteiger partial charge in [-0.15, -0.1) is 0 Å². The van der Waals surface area contributed by atoms with Gasteiger partial charge < -0.3 is 9.84 Å². The number of benzene rings is 2. The van der Waals surface area contributed by atoms with Crippen LogP contribution in [0.15, 0.2) is 54.6 Å². The number of aliphatic hydroxyl groups is 1. The second-order valence-corrected chi connectivity index (χ2v) is 7.20. The Hall–Kier alpha value is -2.50. The van der Waals surface area contributed by atoms with Crippen LogP contribution in [0.3, 0.4) is 0 Å². The molecule has 126 valence electrons. The van der Waals surface area contributed by atoms with Crippen LogP contribution in [-0.4, -0.2) is 34.7 Å². The van der Waals surface area contributed by atoms with Crippen molar-refractivity contribution in [2.75, 3.05) is 11.5 Å². The van der Waals surface area contributed by atoms with E-state index in [1.807, 2.05) is 49.4 Å². The summed E-state index contributed by atoms with van der Waals surface area (Å²) in [4.78, 5) is 27.7. The van der Waals surface area contributed by atoms with Gasteiger partial charge in [-0.3, -0.25) is 9.59 Å². The highest BCUT2D eigenvalue weighted by molar-refractivity contribution is 6.26. The van der Waals surface area contributed by atoms with Gasteiger partial charge in [-0.2, -0.15) is 0 Å². The first kappa shape index (κ1) is 14.8. The van der Waals surface area contributed by atoms with Crippen molar-refractivity contribution in [3.63, 3.8) is 0 Å². The SMILES string of the molecule is C[C@@]12C=C[C@@](CO)(O1)[C@@H]1C(=O)N(c3cccc4ccccc34)C(=O)[C@@H]12. The molecule has 0 unspecified atom stereocenters. The van der Waals surface area contributed by atoms with Crippen LogP contribution in [0.2, 0.25) is 0 Å². The summed E-state index contributed by atoms with van der Waals surface area (Å²) in [5.74, 6) is -1.84. The van der Waals surface area contributed by atoms with E-state index in [-0.39, 0.29) is 18.4 Å². The molecule has 5 nitrogen and oxygen atoms in total. The van der Waals surface area contributed by atoms with Crippen molar-refractivity contribution >= 4 is 28.3 Å².